The van der Waals surface area contributed by atoms with Crippen molar-refractivity contribution in [1.29, 1.82) is 0 Å². The number of carbonyl (C=O) groups is 1. The second kappa shape index (κ2) is 9.62. The van der Waals surface area contributed by atoms with Gasteiger partial charge in [-0.1, -0.05) is 37.2 Å². The highest BCUT2D eigenvalue weighted by Gasteiger charge is 2.22. The van der Waals surface area contributed by atoms with E-state index >= 15 is 0 Å². The predicted molar refractivity (Wildman–Crippen MR) is 122 cm³/mol. The predicted octanol–water partition coefficient (Wildman–Crippen LogP) is 2.75. The van der Waals surface area contributed by atoms with Crippen molar-refractivity contribution >= 4 is 11.6 Å². The molecule has 0 atom stereocenters. The molecular formula is C23H31N7O2. The molecule has 0 aliphatic carbocycles. The number of piperazine rings is 1. The van der Waals surface area contributed by atoms with E-state index in [1.54, 1.807) is 0 Å². The van der Waals surface area contributed by atoms with Crippen LogP contribution in [-0.4, -0.2) is 68.4 Å². The molecule has 32 heavy (non-hydrogen) atoms. The molecule has 1 aromatic carbocycles. The first-order valence-corrected chi connectivity index (χ1v) is 11.1. The Morgan fingerprint density at radius 2 is 1.78 bits per heavy atom. The number of hydrogen-bond donors (Lipinski definition) is 1. The summed E-state index contributed by atoms with van der Waals surface area (Å²) < 4.78 is 7.22. The van der Waals surface area contributed by atoms with Crippen molar-refractivity contribution in [1.82, 2.24) is 29.7 Å². The van der Waals surface area contributed by atoms with E-state index < -0.39 is 0 Å². The van der Waals surface area contributed by atoms with Gasteiger partial charge >= 0.3 is 0 Å². The van der Waals surface area contributed by atoms with E-state index in [1.807, 2.05) is 62.7 Å². The van der Waals surface area contributed by atoms with Crippen molar-refractivity contribution in [3.8, 4) is 5.69 Å². The average Bonchev–Trinajstić information content (AvgIpc) is 3.36. The summed E-state index contributed by atoms with van der Waals surface area (Å²) in [6.07, 6.45) is 0. The molecule has 1 aliphatic rings. The lowest BCUT2D eigenvalue weighted by molar-refractivity contribution is -0.117. The van der Waals surface area contributed by atoms with Crippen molar-refractivity contribution in [2.45, 2.75) is 40.2 Å². The second-order valence-electron chi connectivity index (χ2n) is 8.59. The zero-order valence-electron chi connectivity index (χ0n) is 19.2. The quantitative estimate of drug-likeness (QED) is 0.608. The third-order valence-corrected chi connectivity index (χ3v) is 5.75. The standard InChI is InChI=1S/C23H31N7O2/c1-16(2)23-25-21(32-27-23)15-29-12-10-28(11-13-29)14-20(31)24-22-17(3)26-30(18(22)4)19-8-6-5-7-9-19/h5-9,16H,10-15H2,1-4H3,(H,24,31). The third kappa shape index (κ3) is 5.05. The monoisotopic (exact) mass is 437 g/mol. The molecule has 2 aromatic heterocycles. The van der Waals surface area contributed by atoms with E-state index in [1.165, 1.54) is 0 Å². The van der Waals surface area contributed by atoms with E-state index in [0.29, 0.717) is 19.0 Å². The van der Waals surface area contributed by atoms with Crippen LogP contribution in [0.2, 0.25) is 0 Å². The molecule has 1 fully saturated rings. The maximum atomic E-state index is 12.7. The lowest BCUT2D eigenvalue weighted by Crippen LogP contribution is -2.48. The number of anilines is 1. The SMILES string of the molecule is Cc1nn(-c2ccccc2)c(C)c1NC(=O)CN1CCN(Cc2nc(C(C)C)no2)CC1. The van der Waals surface area contributed by atoms with Crippen molar-refractivity contribution in [2.75, 3.05) is 38.0 Å². The van der Waals surface area contributed by atoms with E-state index in [2.05, 4.69) is 30.4 Å². The molecule has 0 bridgehead atoms. The number of benzene rings is 1. The summed E-state index contributed by atoms with van der Waals surface area (Å²) in [6.45, 7) is 12.4. The van der Waals surface area contributed by atoms with Gasteiger partial charge in [-0.05, 0) is 26.0 Å². The Bertz CT molecular complexity index is 1050. The molecule has 3 aromatic rings. The van der Waals surface area contributed by atoms with Crippen LogP contribution >= 0.6 is 0 Å². The van der Waals surface area contributed by atoms with Gasteiger partial charge in [0, 0.05) is 32.1 Å². The van der Waals surface area contributed by atoms with E-state index in [0.717, 1.165) is 54.8 Å². The van der Waals surface area contributed by atoms with Gasteiger partial charge in [0.25, 0.3) is 0 Å². The minimum Gasteiger partial charge on any atom is -0.338 e. The maximum Gasteiger partial charge on any atom is 0.240 e. The molecule has 1 N–H and O–H groups in total. The first kappa shape index (κ1) is 22.2. The average molecular weight is 438 g/mol. The molecule has 1 aliphatic heterocycles. The van der Waals surface area contributed by atoms with Crippen molar-refractivity contribution in [3.05, 3.63) is 53.4 Å². The minimum atomic E-state index is -0.0178. The van der Waals surface area contributed by atoms with Crippen LogP contribution in [0.3, 0.4) is 0 Å². The van der Waals surface area contributed by atoms with Crippen LogP contribution < -0.4 is 5.32 Å². The summed E-state index contributed by atoms with van der Waals surface area (Å²) in [5.74, 6) is 1.64. The van der Waals surface area contributed by atoms with Gasteiger partial charge in [0.2, 0.25) is 11.8 Å². The van der Waals surface area contributed by atoms with Crippen LogP contribution in [0.25, 0.3) is 5.69 Å². The smallest absolute Gasteiger partial charge is 0.240 e. The molecule has 0 unspecified atom stereocenters. The Hall–Kier alpha value is -3.04. The Balaban J connectivity index is 1.29. The molecule has 4 rings (SSSR count). The number of nitrogens with one attached hydrogen (secondary N) is 1. The second-order valence-corrected chi connectivity index (χ2v) is 8.59. The molecule has 3 heterocycles. The number of rotatable bonds is 7. The van der Waals surface area contributed by atoms with E-state index in [4.69, 9.17) is 4.52 Å². The van der Waals surface area contributed by atoms with E-state index in [9.17, 15) is 4.79 Å². The molecular weight excluding hydrogens is 406 g/mol. The maximum absolute atomic E-state index is 12.7. The van der Waals surface area contributed by atoms with Crippen molar-refractivity contribution in [2.24, 2.45) is 0 Å². The first-order chi connectivity index (χ1) is 15.4. The topological polar surface area (TPSA) is 92.3 Å². The van der Waals surface area contributed by atoms with Crippen LogP contribution in [0.5, 0.6) is 0 Å². The Morgan fingerprint density at radius 1 is 1.09 bits per heavy atom. The summed E-state index contributed by atoms with van der Waals surface area (Å²) in [5, 5.41) is 11.7. The normalized spacial score (nSPS) is 15.4. The summed E-state index contributed by atoms with van der Waals surface area (Å²) >= 11 is 0. The number of aryl methyl sites for hydroxylation is 1. The van der Waals surface area contributed by atoms with Crippen LogP contribution in [-0.2, 0) is 11.3 Å². The zero-order chi connectivity index (χ0) is 22.7. The fourth-order valence-electron chi connectivity index (χ4n) is 3.89. The van der Waals surface area contributed by atoms with Gasteiger partial charge in [0.05, 0.1) is 35.9 Å². The Kier molecular flexibility index (Phi) is 6.66. The lowest BCUT2D eigenvalue weighted by Gasteiger charge is -2.33. The van der Waals surface area contributed by atoms with Gasteiger partial charge in [-0.2, -0.15) is 10.1 Å². The fraction of sp³-hybridized carbons (Fsp3) is 0.478. The zero-order valence-corrected chi connectivity index (χ0v) is 19.2. The van der Waals surface area contributed by atoms with Gasteiger partial charge in [-0.3, -0.25) is 14.6 Å². The van der Waals surface area contributed by atoms with Crippen molar-refractivity contribution in [3.63, 3.8) is 0 Å². The van der Waals surface area contributed by atoms with Gasteiger partial charge in [0.15, 0.2) is 5.82 Å². The van der Waals surface area contributed by atoms with Crippen LogP contribution in [0.4, 0.5) is 5.69 Å². The third-order valence-electron chi connectivity index (χ3n) is 5.75. The van der Waals surface area contributed by atoms with Crippen LogP contribution in [0, 0.1) is 13.8 Å². The summed E-state index contributed by atoms with van der Waals surface area (Å²) in [7, 11) is 0. The van der Waals surface area contributed by atoms with Gasteiger partial charge < -0.3 is 9.84 Å². The van der Waals surface area contributed by atoms with Gasteiger partial charge in [-0.15, -0.1) is 0 Å². The molecule has 0 radical (unpaired) electrons. The number of hydrogen-bond acceptors (Lipinski definition) is 7. The van der Waals surface area contributed by atoms with Crippen LogP contribution in [0.15, 0.2) is 34.9 Å². The van der Waals surface area contributed by atoms with Gasteiger partial charge in [0.1, 0.15) is 0 Å². The largest absolute Gasteiger partial charge is 0.338 e. The van der Waals surface area contributed by atoms with Gasteiger partial charge in [-0.25, -0.2) is 4.68 Å². The number of para-hydroxylation sites is 1. The lowest BCUT2D eigenvalue weighted by atomic mass is 10.2. The first-order valence-electron chi connectivity index (χ1n) is 11.1. The summed E-state index contributed by atoms with van der Waals surface area (Å²) in [4.78, 5) is 21.6. The number of aromatic nitrogens is 4. The highest BCUT2D eigenvalue weighted by molar-refractivity contribution is 5.93. The number of nitrogens with zero attached hydrogens (tertiary/aromatic N) is 6. The molecule has 9 nitrogen and oxygen atoms in total. The Labute approximate surface area is 188 Å². The summed E-state index contributed by atoms with van der Waals surface area (Å²) in [5.41, 5.74) is 3.50. The molecule has 1 amide bonds. The fourth-order valence-corrected chi connectivity index (χ4v) is 3.89. The summed E-state index contributed by atoms with van der Waals surface area (Å²) in [6, 6.07) is 9.93. The van der Waals surface area contributed by atoms with Crippen molar-refractivity contribution < 1.29 is 9.32 Å². The number of carbonyl (C=O) groups excluding carboxylic acids is 1. The highest BCUT2D eigenvalue weighted by atomic mass is 16.5. The highest BCUT2D eigenvalue weighted by Crippen LogP contribution is 2.22. The minimum absolute atomic E-state index is 0.0178. The molecule has 0 saturated carbocycles. The Morgan fingerprint density at radius 3 is 2.44 bits per heavy atom. The molecule has 1 saturated heterocycles. The van der Waals surface area contributed by atoms with E-state index in [-0.39, 0.29) is 11.8 Å². The molecule has 9 heteroatoms. The molecule has 0 spiro atoms. The van der Waals surface area contributed by atoms with Crippen LogP contribution in [0.1, 0.15) is 42.9 Å². The number of amides is 1. The molecule has 170 valence electrons.